The number of amides is 1. The Morgan fingerprint density at radius 1 is 1.22 bits per heavy atom. The van der Waals surface area contributed by atoms with Gasteiger partial charge in [-0.15, -0.1) is 0 Å². The molecule has 10 heteroatoms. The summed E-state index contributed by atoms with van der Waals surface area (Å²) >= 11 is 0. The zero-order valence-corrected chi connectivity index (χ0v) is 15.0. The highest BCUT2D eigenvalue weighted by molar-refractivity contribution is 7.89. The lowest BCUT2D eigenvalue weighted by molar-refractivity contribution is -0.147. The number of carbonyl (C=O) groups is 2. The molecule has 1 aromatic carbocycles. The van der Waals surface area contributed by atoms with Crippen LogP contribution in [0.25, 0.3) is 0 Å². The van der Waals surface area contributed by atoms with Gasteiger partial charge in [0.25, 0.3) is 5.91 Å². The predicted molar refractivity (Wildman–Crippen MR) is 92.5 cm³/mol. The molecule has 2 heterocycles. The topological polar surface area (TPSA) is 126 Å². The lowest BCUT2D eigenvalue weighted by atomic mass is 10.1. The van der Waals surface area contributed by atoms with Gasteiger partial charge in [-0.05, 0) is 36.4 Å². The third kappa shape index (κ3) is 4.35. The van der Waals surface area contributed by atoms with E-state index in [1.807, 2.05) is 0 Å². The molecule has 1 aliphatic heterocycles. The highest BCUT2D eigenvalue weighted by Crippen LogP contribution is 2.16. The van der Waals surface area contributed by atoms with Crippen LogP contribution in [-0.2, 0) is 26.1 Å². The van der Waals surface area contributed by atoms with E-state index in [0.29, 0.717) is 5.76 Å². The van der Waals surface area contributed by atoms with Crippen LogP contribution in [-0.4, -0.2) is 56.1 Å². The second-order valence-electron chi connectivity index (χ2n) is 5.86. The monoisotopic (exact) mass is 394 g/mol. The van der Waals surface area contributed by atoms with Crippen LogP contribution < -0.4 is 4.72 Å². The van der Waals surface area contributed by atoms with E-state index in [1.54, 1.807) is 12.1 Å². The molecule has 0 aliphatic carbocycles. The molecule has 1 fully saturated rings. The normalized spacial score (nSPS) is 17.6. The van der Waals surface area contributed by atoms with E-state index in [-0.39, 0.29) is 36.8 Å². The minimum Gasteiger partial charge on any atom is -0.480 e. The molecular formula is C17H18N2O7S. The summed E-state index contributed by atoms with van der Waals surface area (Å²) in [6.07, 6.45) is 1.44. The SMILES string of the molecule is O=C(O)C1COCCN1C(=O)c1ccc(S(=O)(=O)NCc2ccco2)cc1. The predicted octanol–water partition coefficient (Wildman–Crippen LogP) is 0.684. The fourth-order valence-corrected chi connectivity index (χ4v) is 3.65. The molecule has 1 aromatic heterocycles. The Hall–Kier alpha value is -2.69. The Labute approximate surface area is 155 Å². The van der Waals surface area contributed by atoms with Crippen LogP contribution in [0.15, 0.2) is 52.0 Å². The van der Waals surface area contributed by atoms with Crippen LogP contribution in [0.4, 0.5) is 0 Å². The van der Waals surface area contributed by atoms with Crippen LogP contribution in [0.2, 0.25) is 0 Å². The van der Waals surface area contributed by atoms with E-state index in [1.165, 1.54) is 35.4 Å². The molecule has 1 atom stereocenters. The van der Waals surface area contributed by atoms with E-state index in [0.717, 1.165) is 0 Å². The summed E-state index contributed by atoms with van der Waals surface area (Å²) in [6.45, 7) is 0.327. The molecule has 1 amide bonds. The van der Waals surface area contributed by atoms with Crippen molar-refractivity contribution >= 4 is 21.9 Å². The third-order valence-corrected chi connectivity index (χ3v) is 5.52. The van der Waals surface area contributed by atoms with E-state index >= 15 is 0 Å². The fraction of sp³-hybridized carbons (Fsp3) is 0.294. The first-order valence-corrected chi connectivity index (χ1v) is 9.60. The maximum Gasteiger partial charge on any atom is 0.328 e. The van der Waals surface area contributed by atoms with Gasteiger partial charge in [0, 0.05) is 12.1 Å². The maximum atomic E-state index is 12.6. The van der Waals surface area contributed by atoms with Gasteiger partial charge in [-0.3, -0.25) is 4.79 Å². The number of ether oxygens (including phenoxy) is 1. The van der Waals surface area contributed by atoms with Crippen molar-refractivity contribution in [2.24, 2.45) is 0 Å². The van der Waals surface area contributed by atoms with E-state index < -0.39 is 27.9 Å². The zero-order chi connectivity index (χ0) is 19.4. The Bertz CT molecular complexity index is 907. The number of rotatable bonds is 6. The van der Waals surface area contributed by atoms with Gasteiger partial charge >= 0.3 is 5.97 Å². The van der Waals surface area contributed by atoms with E-state index in [4.69, 9.17) is 9.15 Å². The molecule has 1 saturated heterocycles. The van der Waals surface area contributed by atoms with Crippen LogP contribution in [0.5, 0.6) is 0 Å². The zero-order valence-electron chi connectivity index (χ0n) is 14.2. The molecule has 2 N–H and O–H groups in total. The average molecular weight is 394 g/mol. The Morgan fingerprint density at radius 2 is 1.96 bits per heavy atom. The van der Waals surface area contributed by atoms with Crippen molar-refractivity contribution < 1.29 is 32.3 Å². The number of benzene rings is 1. The molecule has 0 spiro atoms. The summed E-state index contributed by atoms with van der Waals surface area (Å²) in [5.74, 6) is -1.17. The second-order valence-corrected chi connectivity index (χ2v) is 7.62. The number of nitrogens with one attached hydrogen (secondary N) is 1. The number of carbonyl (C=O) groups excluding carboxylic acids is 1. The molecule has 0 bridgehead atoms. The van der Waals surface area contributed by atoms with Gasteiger partial charge in [-0.2, -0.15) is 0 Å². The van der Waals surface area contributed by atoms with Crippen molar-refractivity contribution in [1.29, 1.82) is 0 Å². The molecule has 2 aromatic rings. The lowest BCUT2D eigenvalue weighted by Crippen LogP contribution is -2.52. The first-order chi connectivity index (χ1) is 12.9. The van der Waals surface area contributed by atoms with Crippen LogP contribution in [0.3, 0.4) is 0 Å². The first kappa shape index (κ1) is 19.1. The summed E-state index contributed by atoms with van der Waals surface area (Å²) in [4.78, 5) is 25.1. The summed E-state index contributed by atoms with van der Waals surface area (Å²) < 4.78 is 37.2. The van der Waals surface area contributed by atoms with E-state index in [9.17, 15) is 23.1 Å². The van der Waals surface area contributed by atoms with E-state index in [2.05, 4.69) is 4.72 Å². The number of carboxylic acids is 1. The summed E-state index contributed by atoms with van der Waals surface area (Å²) in [5.41, 5.74) is 0.202. The lowest BCUT2D eigenvalue weighted by Gasteiger charge is -2.32. The molecule has 0 saturated carbocycles. The number of hydrogen-bond acceptors (Lipinski definition) is 6. The fourth-order valence-electron chi connectivity index (χ4n) is 2.66. The minimum atomic E-state index is -3.78. The van der Waals surface area contributed by atoms with Crippen LogP contribution in [0.1, 0.15) is 16.1 Å². The van der Waals surface area contributed by atoms with Crippen molar-refractivity contribution in [3.8, 4) is 0 Å². The number of sulfonamides is 1. The van der Waals surface area contributed by atoms with Crippen molar-refractivity contribution in [2.75, 3.05) is 19.8 Å². The molecule has 144 valence electrons. The van der Waals surface area contributed by atoms with Crippen molar-refractivity contribution in [3.63, 3.8) is 0 Å². The van der Waals surface area contributed by atoms with Gasteiger partial charge in [0.05, 0.1) is 30.9 Å². The quantitative estimate of drug-likeness (QED) is 0.738. The molecule has 27 heavy (non-hydrogen) atoms. The average Bonchev–Trinajstić information content (AvgIpc) is 3.20. The van der Waals surface area contributed by atoms with Crippen molar-refractivity contribution in [3.05, 3.63) is 54.0 Å². The maximum absolute atomic E-state index is 12.6. The van der Waals surface area contributed by atoms with Crippen LogP contribution >= 0.6 is 0 Å². The number of carboxylic acid groups (broad SMARTS) is 1. The summed E-state index contributed by atoms with van der Waals surface area (Å²) in [5, 5.41) is 9.22. The molecule has 0 radical (unpaired) electrons. The first-order valence-electron chi connectivity index (χ1n) is 8.12. The molecule has 1 unspecified atom stereocenters. The summed E-state index contributed by atoms with van der Waals surface area (Å²) in [6, 6.07) is 7.55. The highest BCUT2D eigenvalue weighted by atomic mass is 32.2. The van der Waals surface area contributed by atoms with Gasteiger partial charge in [-0.25, -0.2) is 17.9 Å². The molecule has 1 aliphatic rings. The Balaban J connectivity index is 1.72. The van der Waals surface area contributed by atoms with Gasteiger partial charge in [0.15, 0.2) is 6.04 Å². The van der Waals surface area contributed by atoms with Crippen LogP contribution in [0, 0.1) is 0 Å². The molecular weight excluding hydrogens is 376 g/mol. The number of aliphatic carboxylic acids is 1. The third-order valence-electron chi connectivity index (χ3n) is 4.10. The van der Waals surface area contributed by atoms with Gasteiger partial charge in [-0.1, -0.05) is 0 Å². The second kappa shape index (κ2) is 7.91. The standard InChI is InChI=1S/C17H18N2O7S/c20-16(19-7-9-25-11-15(19)17(21)22)12-3-5-14(6-4-12)27(23,24)18-10-13-2-1-8-26-13/h1-6,8,15,18H,7,9-11H2,(H,21,22). The Kier molecular flexibility index (Phi) is 5.59. The van der Waals surface area contributed by atoms with Gasteiger partial charge < -0.3 is 19.2 Å². The van der Waals surface area contributed by atoms with Crippen molar-refractivity contribution in [1.82, 2.24) is 9.62 Å². The highest BCUT2D eigenvalue weighted by Gasteiger charge is 2.33. The van der Waals surface area contributed by atoms with Crippen molar-refractivity contribution in [2.45, 2.75) is 17.5 Å². The van der Waals surface area contributed by atoms with Gasteiger partial charge in [0.2, 0.25) is 10.0 Å². The number of nitrogens with zero attached hydrogens (tertiary/aromatic N) is 1. The number of hydrogen-bond donors (Lipinski definition) is 2. The smallest absolute Gasteiger partial charge is 0.328 e. The minimum absolute atomic E-state index is 0.00405. The van der Waals surface area contributed by atoms with Gasteiger partial charge in [0.1, 0.15) is 5.76 Å². The number of furan rings is 1. The Morgan fingerprint density at radius 3 is 2.59 bits per heavy atom. The number of morpholine rings is 1. The summed E-state index contributed by atoms with van der Waals surface area (Å²) in [7, 11) is -3.78. The molecule has 3 rings (SSSR count). The largest absolute Gasteiger partial charge is 0.480 e. The molecule has 9 nitrogen and oxygen atoms in total.